The SMILES string of the molecule is CC1(C(O)Cc2c(F)cccc2F)CCCC1. The summed E-state index contributed by atoms with van der Waals surface area (Å²) in [6.45, 7) is 2.00. The predicted octanol–water partition coefficient (Wildman–Crippen LogP) is 3.45. The molecule has 1 N–H and O–H groups in total. The van der Waals surface area contributed by atoms with Crippen LogP contribution in [0.1, 0.15) is 38.2 Å². The maximum Gasteiger partial charge on any atom is 0.129 e. The molecule has 94 valence electrons. The molecule has 0 heterocycles. The van der Waals surface area contributed by atoms with E-state index in [1.807, 2.05) is 6.92 Å². The van der Waals surface area contributed by atoms with Gasteiger partial charge in [-0.3, -0.25) is 0 Å². The largest absolute Gasteiger partial charge is 0.392 e. The van der Waals surface area contributed by atoms with E-state index in [4.69, 9.17) is 0 Å². The first-order chi connectivity index (χ1) is 8.03. The molecule has 0 aromatic heterocycles. The van der Waals surface area contributed by atoms with Crippen LogP contribution in [0.3, 0.4) is 0 Å². The Bertz CT molecular complexity index is 377. The highest BCUT2D eigenvalue weighted by atomic mass is 19.1. The van der Waals surface area contributed by atoms with E-state index in [-0.39, 0.29) is 17.4 Å². The monoisotopic (exact) mass is 240 g/mol. The van der Waals surface area contributed by atoms with Gasteiger partial charge in [-0.2, -0.15) is 0 Å². The third kappa shape index (κ3) is 2.49. The van der Waals surface area contributed by atoms with Crippen molar-refractivity contribution in [1.82, 2.24) is 0 Å². The number of hydrogen-bond donors (Lipinski definition) is 1. The number of benzene rings is 1. The zero-order valence-electron chi connectivity index (χ0n) is 10.0. The Morgan fingerprint density at radius 3 is 2.29 bits per heavy atom. The third-order valence-corrected chi connectivity index (χ3v) is 4.01. The van der Waals surface area contributed by atoms with E-state index in [9.17, 15) is 13.9 Å². The number of hydrogen-bond acceptors (Lipinski definition) is 1. The van der Waals surface area contributed by atoms with E-state index in [2.05, 4.69) is 0 Å². The molecule has 0 saturated heterocycles. The van der Waals surface area contributed by atoms with Crippen LogP contribution in [0.2, 0.25) is 0 Å². The van der Waals surface area contributed by atoms with Crippen molar-refractivity contribution in [3.63, 3.8) is 0 Å². The van der Waals surface area contributed by atoms with Gasteiger partial charge in [-0.25, -0.2) is 8.78 Å². The van der Waals surface area contributed by atoms with E-state index in [0.717, 1.165) is 25.7 Å². The zero-order chi connectivity index (χ0) is 12.5. The first-order valence-corrected chi connectivity index (χ1v) is 6.14. The quantitative estimate of drug-likeness (QED) is 0.858. The van der Waals surface area contributed by atoms with Crippen LogP contribution in [0, 0.1) is 17.0 Å². The van der Waals surface area contributed by atoms with Gasteiger partial charge in [0.1, 0.15) is 11.6 Å². The molecule has 3 heteroatoms. The topological polar surface area (TPSA) is 20.2 Å². The lowest BCUT2D eigenvalue weighted by Gasteiger charge is -2.30. The van der Waals surface area contributed by atoms with Gasteiger partial charge >= 0.3 is 0 Å². The van der Waals surface area contributed by atoms with Gasteiger partial charge in [0.25, 0.3) is 0 Å². The van der Waals surface area contributed by atoms with Gasteiger partial charge in [-0.1, -0.05) is 25.8 Å². The molecule has 1 aliphatic carbocycles. The molecule has 0 bridgehead atoms. The van der Waals surface area contributed by atoms with Crippen molar-refractivity contribution in [2.75, 3.05) is 0 Å². The minimum absolute atomic E-state index is 0.00752. The van der Waals surface area contributed by atoms with Gasteiger partial charge in [-0.05, 0) is 30.4 Å². The lowest BCUT2D eigenvalue weighted by molar-refractivity contribution is 0.0410. The van der Waals surface area contributed by atoms with Gasteiger partial charge in [0.2, 0.25) is 0 Å². The van der Waals surface area contributed by atoms with Crippen LogP contribution >= 0.6 is 0 Å². The Morgan fingerprint density at radius 2 is 1.76 bits per heavy atom. The Morgan fingerprint density at radius 1 is 1.24 bits per heavy atom. The van der Waals surface area contributed by atoms with Crippen molar-refractivity contribution in [1.29, 1.82) is 0 Å². The molecule has 1 nitrogen and oxygen atoms in total. The summed E-state index contributed by atoms with van der Waals surface area (Å²) in [4.78, 5) is 0. The second kappa shape index (κ2) is 4.73. The normalized spacial score (nSPS) is 20.5. The number of aliphatic hydroxyl groups is 1. The molecule has 0 aliphatic heterocycles. The minimum atomic E-state index is -0.670. The van der Waals surface area contributed by atoms with Gasteiger partial charge in [0.05, 0.1) is 6.10 Å². The van der Waals surface area contributed by atoms with E-state index in [1.54, 1.807) is 0 Å². The lowest BCUT2D eigenvalue weighted by atomic mass is 9.80. The smallest absolute Gasteiger partial charge is 0.129 e. The zero-order valence-corrected chi connectivity index (χ0v) is 10.0. The van der Waals surface area contributed by atoms with Gasteiger partial charge < -0.3 is 5.11 Å². The molecule has 1 fully saturated rings. The van der Waals surface area contributed by atoms with Gasteiger partial charge in [0.15, 0.2) is 0 Å². The summed E-state index contributed by atoms with van der Waals surface area (Å²) in [6, 6.07) is 3.82. The molecular weight excluding hydrogens is 222 g/mol. The molecule has 1 unspecified atom stereocenters. The summed E-state index contributed by atoms with van der Waals surface area (Å²) < 4.78 is 26.9. The molecule has 1 saturated carbocycles. The van der Waals surface area contributed by atoms with Crippen LogP contribution in [0.15, 0.2) is 18.2 Å². The molecule has 0 radical (unpaired) electrons. The third-order valence-electron chi connectivity index (χ3n) is 4.01. The van der Waals surface area contributed by atoms with Crippen molar-refractivity contribution in [3.8, 4) is 0 Å². The number of halogens is 2. The summed E-state index contributed by atoms with van der Waals surface area (Å²) in [5, 5.41) is 10.2. The predicted molar refractivity (Wildman–Crippen MR) is 62.6 cm³/mol. The Kier molecular flexibility index (Phi) is 3.48. The van der Waals surface area contributed by atoms with E-state index in [0.29, 0.717) is 0 Å². The van der Waals surface area contributed by atoms with Crippen molar-refractivity contribution >= 4 is 0 Å². The Balaban J connectivity index is 2.15. The van der Waals surface area contributed by atoms with Crippen LogP contribution in [0.4, 0.5) is 8.78 Å². The van der Waals surface area contributed by atoms with Crippen molar-refractivity contribution < 1.29 is 13.9 Å². The van der Waals surface area contributed by atoms with Gasteiger partial charge in [-0.15, -0.1) is 0 Å². The maximum atomic E-state index is 13.5. The van der Waals surface area contributed by atoms with Crippen LogP contribution in [0.5, 0.6) is 0 Å². The van der Waals surface area contributed by atoms with E-state index < -0.39 is 17.7 Å². The van der Waals surface area contributed by atoms with Crippen LogP contribution in [-0.4, -0.2) is 11.2 Å². The molecule has 0 spiro atoms. The molecule has 1 aromatic carbocycles. The fourth-order valence-electron chi connectivity index (χ4n) is 2.68. The van der Waals surface area contributed by atoms with Gasteiger partial charge in [0, 0.05) is 12.0 Å². The summed E-state index contributed by atoms with van der Waals surface area (Å²) in [5.41, 5.74) is -0.178. The van der Waals surface area contributed by atoms with Crippen LogP contribution in [-0.2, 0) is 6.42 Å². The fourth-order valence-corrected chi connectivity index (χ4v) is 2.68. The number of rotatable bonds is 3. The average Bonchev–Trinajstić information content (AvgIpc) is 2.72. The highest BCUT2D eigenvalue weighted by molar-refractivity contribution is 5.21. The molecule has 17 heavy (non-hydrogen) atoms. The van der Waals surface area contributed by atoms with Crippen molar-refractivity contribution in [2.45, 2.75) is 45.1 Å². The number of aliphatic hydroxyl groups excluding tert-OH is 1. The van der Waals surface area contributed by atoms with Crippen LogP contribution < -0.4 is 0 Å². The Labute approximate surface area is 100 Å². The van der Waals surface area contributed by atoms with Crippen molar-refractivity contribution in [3.05, 3.63) is 35.4 Å². The maximum absolute atomic E-state index is 13.5. The molecule has 0 amide bonds. The minimum Gasteiger partial charge on any atom is -0.392 e. The van der Waals surface area contributed by atoms with Crippen molar-refractivity contribution in [2.24, 2.45) is 5.41 Å². The summed E-state index contributed by atoms with van der Waals surface area (Å²) in [6.07, 6.45) is 3.45. The molecule has 1 aromatic rings. The highest BCUT2D eigenvalue weighted by Crippen LogP contribution is 2.41. The standard InChI is InChI=1S/C14H18F2O/c1-14(7-2-3-8-14)13(17)9-10-11(15)5-4-6-12(10)16/h4-6,13,17H,2-3,7-9H2,1H3. The first kappa shape index (κ1) is 12.5. The molecular formula is C14H18F2O. The van der Waals surface area contributed by atoms with Crippen LogP contribution in [0.25, 0.3) is 0 Å². The lowest BCUT2D eigenvalue weighted by Crippen LogP contribution is -2.32. The molecule has 1 atom stereocenters. The second-order valence-electron chi connectivity index (χ2n) is 5.28. The van der Waals surface area contributed by atoms with E-state index >= 15 is 0 Å². The fraction of sp³-hybridized carbons (Fsp3) is 0.571. The molecule has 1 aliphatic rings. The second-order valence-corrected chi connectivity index (χ2v) is 5.28. The summed E-state index contributed by atoms with van der Waals surface area (Å²) in [7, 11) is 0. The highest BCUT2D eigenvalue weighted by Gasteiger charge is 2.36. The first-order valence-electron chi connectivity index (χ1n) is 6.14. The summed E-state index contributed by atoms with van der Waals surface area (Å²) >= 11 is 0. The average molecular weight is 240 g/mol. The summed E-state index contributed by atoms with van der Waals surface area (Å²) in [5.74, 6) is -1.13. The molecule has 2 rings (SSSR count). The Hall–Kier alpha value is -0.960. The van der Waals surface area contributed by atoms with E-state index in [1.165, 1.54) is 18.2 Å².